The van der Waals surface area contributed by atoms with Crippen LogP contribution in [0.1, 0.15) is 16.7 Å². The van der Waals surface area contributed by atoms with Gasteiger partial charge in [-0.05, 0) is 48.0 Å². The molecule has 0 radical (unpaired) electrons. The molecule has 0 saturated heterocycles. The van der Waals surface area contributed by atoms with E-state index in [1.807, 2.05) is 0 Å². The molecule has 150 valence electrons. The van der Waals surface area contributed by atoms with Gasteiger partial charge in [0.15, 0.2) is 5.70 Å². The second kappa shape index (κ2) is 8.69. The van der Waals surface area contributed by atoms with Crippen LogP contribution in [0.25, 0.3) is 6.08 Å². The molecule has 0 unspecified atom stereocenters. The first kappa shape index (κ1) is 20.1. The molecule has 4 nitrogen and oxygen atoms in total. The molecule has 3 aromatic rings. The summed E-state index contributed by atoms with van der Waals surface area (Å²) in [4.78, 5) is 16.4. The third-order valence-corrected chi connectivity index (χ3v) is 4.87. The molecule has 3 aromatic carbocycles. The minimum atomic E-state index is -0.573. The zero-order chi connectivity index (χ0) is 21.1. The van der Waals surface area contributed by atoms with E-state index in [9.17, 15) is 9.18 Å². The Morgan fingerprint density at radius 3 is 2.53 bits per heavy atom. The molecule has 0 fully saturated rings. The molecule has 0 amide bonds. The van der Waals surface area contributed by atoms with Gasteiger partial charge in [-0.25, -0.2) is 14.2 Å². The lowest BCUT2D eigenvalue weighted by Crippen LogP contribution is -2.05. The van der Waals surface area contributed by atoms with Gasteiger partial charge in [0, 0.05) is 10.6 Å². The van der Waals surface area contributed by atoms with Crippen LogP contribution in [0.5, 0.6) is 5.75 Å². The van der Waals surface area contributed by atoms with E-state index in [0.717, 1.165) is 5.56 Å². The highest BCUT2D eigenvalue weighted by Gasteiger charge is 2.25. The van der Waals surface area contributed by atoms with Gasteiger partial charge in [0.05, 0.1) is 10.6 Å². The van der Waals surface area contributed by atoms with Crippen LogP contribution < -0.4 is 4.74 Å². The van der Waals surface area contributed by atoms with Crippen molar-refractivity contribution in [2.24, 2.45) is 4.99 Å². The van der Waals surface area contributed by atoms with Crippen LogP contribution in [-0.2, 0) is 16.1 Å². The molecule has 0 aromatic heterocycles. The molecule has 30 heavy (non-hydrogen) atoms. The largest absolute Gasteiger partial charge is 0.489 e. The monoisotopic (exact) mass is 441 g/mol. The van der Waals surface area contributed by atoms with Crippen molar-refractivity contribution in [1.29, 1.82) is 0 Å². The van der Waals surface area contributed by atoms with Crippen LogP contribution in [0.4, 0.5) is 4.39 Å². The predicted molar refractivity (Wildman–Crippen MR) is 114 cm³/mol. The Morgan fingerprint density at radius 1 is 1.03 bits per heavy atom. The molecule has 1 heterocycles. The van der Waals surface area contributed by atoms with Gasteiger partial charge in [0.1, 0.15) is 18.2 Å². The fraction of sp³-hybridized carbons (Fsp3) is 0.0435. The molecule has 0 atom stereocenters. The van der Waals surface area contributed by atoms with Gasteiger partial charge in [-0.2, -0.15) is 0 Å². The molecular formula is C23H14Cl2FNO3. The van der Waals surface area contributed by atoms with Crippen molar-refractivity contribution in [2.45, 2.75) is 6.61 Å². The Bertz CT molecular complexity index is 1170. The normalized spacial score (nSPS) is 14.6. The molecule has 0 N–H and O–H groups in total. The first-order valence-corrected chi connectivity index (χ1v) is 9.69. The third-order valence-electron chi connectivity index (χ3n) is 4.32. The fourth-order valence-corrected chi connectivity index (χ4v) is 3.27. The quantitative estimate of drug-likeness (QED) is 0.357. The maximum Gasteiger partial charge on any atom is 0.363 e. The van der Waals surface area contributed by atoms with Crippen molar-refractivity contribution in [1.82, 2.24) is 0 Å². The van der Waals surface area contributed by atoms with Crippen molar-refractivity contribution in [3.8, 4) is 5.75 Å². The van der Waals surface area contributed by atoms with Crippen molar-refractivity contribution < 1.29 is 18.7 Å². The Morgan fingerprint density at radius 2 is 1.80 bits per heavy atom. The van der Waals surface area contributed by atoms with E-state index in [1.165, 1.54) is 6.07 Å². The number of hydrogen-bond donors (Lipinski definition) is 0. The number of esters is 1. The Hall–Kier alpha value is -3.15. The summed E-state index contributed by atoms with van der Waals surface area (Å²) in [5, 5.41) is 0.813. The van der Waals surface area contributed by atoms with Crippen LogP contribution in [0.2, 0.25) is 10.0 Å². The highest BCUT2D eigenvalue weighted by molar-refractivity contribution is 6.37. The average Bonchev–Trinajstić information content (AvgIpc) is 3.08. The lowest BCUT2D eigenvalue weighted by atomic mass is 10.2. The van der Waals surface area contributed by atoms with Gasteiger partial charge in [-0.3, -0.25) is 0 Å². The second-order valence-electron chi connectivity index (χ2n) is 6.41. The summed E-state index contributed by atoms with van der Waals surface area (Å²) < 4.78 is 24.5. The molecule has 0 aliphatic carbocycles. The number of nitrogens with zero attached hydrogens (tertiary/aromatic N) is 1. The summed E-state index contributed by atoms with van der Waals surface area (Å²) >= 11 is 12.0. The van der Waals surface area contributed by atoms with E-state index < -0.39 is 5.97 Å². The van der Waals surface area contributed by atoms with E-state index >= 15 is 0 Å². The van der Waals surface area contributed by atoms with E-state index in [2.05, 4.69) is 4.99 Å². The molecule has 7 heteroatoms. The van der Waals surface area contributed by atoms with E-state index in [4.69, 9.17) is 32.7 Å². The second-order valence-corrected chi connectivity index (χ2v) is 7.25. The maximum atomic E-state index is 13.7. The summed E-state index contributed by atoms with van der Waals surface area (Å²) in [6, 6.07) is 18.3. The molecule has 0 saturated carbocycles. The summed E-state index contributed by atoms with van der Waals surface area (Å²) in [6.45, 7) is 0.120. The average molecular weight is 442 g/mol. The Balaban J connectivity index is 1.48. The highest BCUT2D eigenvalue weighted by atomic mass is 35.5. The predicted octanol–water partition coefficient (Wildman–Crippen LogP) is 6.06. The third kappa shape index (κ3) is 4.53. The van der Waals surface area contributed by atoms with Crippen LogP contribution in [0, 0.1) is 5.82 Å². The number of carbonyl (C=O) groups is 1. The SMILES string of the molecule is O=C1OC(c2ccc(Cl)cc2Cl)=N/C1=C\c1ccc(OCc2ccccc2F)cc1. The Labute approximate surface area is 182 Å². The van der Waals surface area contributed by atoms with Crippen molar-refractivity contribution >= 4 is 41.1 Å². The summed E-state index contributed by atoms with van der Waals surface area (Å²) in [5.74, 6) is -0.187. The lowest BCUT2D eigenvalue weighted by Gasteiger charge is -2.07. The van der Waals surface area contributed by atoms with Gasteiger partial charge in [-0.15, -0.1) is 0 Å². The van der Waals surface area contributed by atoms with E-state index in [1.54, 1.807) is 66.7 Å². The first-order chi connectivity index (χ1) is 14.5. The van der Waals surface area contributed by atoms with Crippen molar-refractivity contribution in [2.75, 3.05) is 0 Å². The number of halogens is 3. The van der Waals surface area contributed by atoms with Gasteiger partial charge < -0.3 is 9.47 Å². The summed E-state index contributed by atoms with van der Waals surface area (Å²) in [6.07, 6.45) is 1.60. The number of aliphatic imine (C=N–C) groups is 1. The minimum Gasteiger partial charge on any atom is -0.489 e. The van der Waals surface area contributed by atoms with Gasteiger partial charge in [0.2, 0.25) is 5.90 Å². The van der Waals surface area contributed by atoms with Crippen LogP contribution in [0.15, 0.2) is 77.4 Å². The zero-order valence-corrected chi connectivity index (χ0v) is 17.0. The molecular weight excluding hydrogens is 428 g/mol. The number of hydrogen-bond acceptors (Lipinski definition) is 4. The van der Waals surface area contributed by atoms with E-state index in [-0.39, 0.29) is 24.0 Å². The molecule has 0 bridgehead atoms. The number of benzene rings is 3. The zero-order valence-electron chi connectivity index (χ0n) is 15.4. The number of rotatable bonds is 5. The van der Waals surface area contributed by atoms with Gasteiger partial charge in [0.25, 0.3) is 0 Å². The number of cyclic esters (lactones) is 1. The van der Waals surface area contributed by atoms with Crippen LogP contribution >= 0.6 is 23.2 Å². The summed E-state index contributed by atoms with van der Waals surface area (Å²) in [5.41, 5.74) is 1.83. The standard InChI is InChI=1S/C23H14Cl2FNO3/c24-16-7-10-18(19(25)12-16)22-27-21(23(28)30-22)11-14-5-8-17(9-6-14)29-13-15-3-1-2-4-20(15)26/h1-12H,13H2/b21-11-. The molecule has 1 aliphatic heterocycles. The summed E-state index contributed by atoms with van der Waals surface area (Å²) in [7, 11) is 0. The highest BCUT2D eigenvalue weighted by Crippen LogP contribution is 2.26. The molecule has 0 spiro atoms. The fourth-order valence-electron chi connectivity index (χ4n) is 2.78. The van der Waals surface area contributed by atoms with Gasteiger partial charge in [-0.1, -0.05) is 53.5 Å². The Kier molecular flexibility index (Phi) is 5.84. The lowest BCUT2D eigenvalue weighted by molar-refractivity contribution is -0.129. The smallest absolute Gasteiger partial charge is 0.363 e. The van der Waals surface area contributed by atoms with Crippen LogP contribution in [-0.4, -0.2) is 11.9 Å². The number of ether oxygens (including phenoxy) is 2. The first-order valence-electron chi connectivity index (χ1n) is 8.94. The maximum absolute atomic E-state index is 13.7. The van der Waals surface area contributed by atoms with Crippen molar-refractivity contribution in [3.05, 3.63) is 105 Å². The van der Waals surface area contributed by atoms with Crippen LogP contribution in [0.3, 0.4) is 0 Å². The minimum absolute atomic E-state index is 0.120. The topological polar surface area (TPSA) is 47.9 Å². The van der Waals surface area contributed by atoms with Crippen molar-refractivity contribution in [3.63, 3.8) is 0 Å². The van der Waals surface area contributed by atoms with E-state index in [0.29, 0.717) is 26.9 Å². The molecule has 4 rings (SSSR count). The molecule has 1 aliphatic rings. The number of carbonyl (C=O) groups excluding carboxylic acids is 1. The van der Waals surface area contributed by atoms with Gasteiger partial charge >= 0.3 is 5.97 Å².